The third-order valence-electron chi connectivity index (χ3n) is 18.6. The van der Waals surface area contributed by atoms with Crippen molar-refractivity contribution in [2.24, 2.45) is 11.8 Å². The Morgan fingerprint density at radius 2 is 0.551 bits per heavy atom. The highest BCUT2D eigenvalue weighted by Gasteiger charge is 2.61. The molecule has 0 spiro atoms. The molecule has 30 rings (SSSR count). The summed E-state index contributed by atoms with van der Waals surface area (Å²) in [6.45, 7) is -2.63. The molecule has 29 saturated heterocycles. The highest BCUT2D eigenvalue weighted by atomic mass is 16.8. The minimum atomic E-state index is -2.20. The zero-order valence-electron chi connectivity index (χ0n) is 48.3. The number of hydrogen-bond donors (Lipinski definition) is 22. The van der Waals surface area contributed by atoms with E-state index in [1.807, 2.05) is 0 Å². The summed E-state index contributed by atoms with van der Waals surface area (Å²) >= 11 is 0. The van der Waals surface area contributed by atoms with Gasteiger partial charge in [-0.25, -0.2) is 0 Å². The standard InChI is InChI=1S/C52H88O37/c1-4-15-38-25(62)31(68)46(76-15)85-40-20(10-57)80-49(34(71)28(40)65)86-41-19(9-56)78-47(32(69)26(41)63)83-37-13(2)23(60)45(77-17(37)7-54)84-39-18(8-55)79-48(33(70)27(39)64)87-42-21(11-58)81-50(35(72)29(42)66)88-43-22(12-59)82-51(36(73)30(43)67)89-52(3)14(6-53)5-16(75-38)24(61)44(52)74/h13-51,53-74H,4-12H2,1-3H3. The van der Waals surface area contributed by atoms with Crippen LogP contribution >= 0.6 is 0 Å². The molecule has 0 aromatic heterocycles. The largest absolute Gasteiger partial charge is 0.396 e. The number of rotatable bonds is 8. The molecular weight excluding hydrogens is 1220 g/mol. The summed E-state index contributed by atoms with van der Waals surface area (Å²) in [4.78, 5) is 0. The van der Waals surface area contributed by atoms with Crippen molar-refractivity contribution >= 4 is 0 Å². The first kappa shape index (κ1) is 71.8. The van der Waals surface area contributed by atoms with E-state index >= 15 is 0 Å². The summed E-state index contributed by atoms with van der Waals surface area (Å²) in [5.41, 5.74) is -2.11. The Labute approximate surface area is 506 Å². The zero-order valence-corrected chi connectivity index (χ0v) is 48.3. The molecule has 1 aliphatic carbocycles. The summed E-state index contributed by atoms with van der Waals surface area (Å²) < 4.78 is 88.2. The van der Waals surface area contributed by atoms with E-state index in [9.17, 15) is 112 Å². The second-order valence-electron chi connectivity index (χ2n) is 24.1. The van der Waals surface area contributed by atoms with Gasteiger partial charge in [-0.1, -0.05) is 13.8 Å². The Morgan fingerprint density at radius 3 is 0.854 bits per heavy atom. The van der Waals surface area contributed by atoms with Gasteiger partial charge in [-0.05, 0) is 19.8 Å². The molecule has 89 heavy (non-hydrogen) atoms. The molecule has 40 atom stereocenters. The van der Waals surface area contributed by atoms with Gasteiger partial charge in [-0.15, -0.1) is 0 Å². The van der Waals surface area contributed by atoms with E-state index in [4.69, 9.17) is 71.1 Å². The molecule has 0 aromatic carbocycles. The van der Waals surface area contributed by atoms with Gasteiger partial charge in [-0.2, -0.15) is 0 Å². The van der Waals surface area contributed by atoms with Crippen LogP contribution in [0, 0.1) is 11.8 Å². The van der Waals surface area contributed by atoms with Crippen molar-refractivity contribution in [1.29, 1.82) is 0 Å². The molecule has 16 bridgehead atoms. The van der Waals surface area contributed by atoms with E-state index in [1.165, 1.54) is 13.8 Å². The van der Waals surface area contributed by atoms with Crippen LogP contribution < -0.4 is 0 Å². The lowest BCUT2D eigenvalue weighted by atomic mass is 9.71. The quantitative estimate of drug-likeness (QED) is 0.107. The zero-order chi connectivity index (χ0) is 65.0. The molecule has 40 unspecified atom stereocenters. The van der Waals surface area contributed by atoms with E-state index in [-0.39, 0.29) is 6.42 Å². The van der Waals surface area contributed by atoms with Crippen molar-refractivity contribution in [2.75, 3.05) is 46.2 Å². The van der Waals surface area contributed by atoms with Crippen molar-refractivity contribution in [3.63, 3.8) is 0 Å². The summed E-state index contributed by atoms with van der Waals surface area (Å²) in [5, 5.41) is 247. The predicted octanol–water partition coefficient (Wildman–Crippen LogP) is -13.7. The maximum Gasteiger partial charge on any atom is 0.187 e. The van der Waals surface area contributed by atoms with Crippen LogP contribution in [0.25, 0.3) is 0 Å². The maximum atomic E-state index is 11.8. The Kier molecular flexibility index (Phi) is 24.1. The van der Waals surface area contributed by atoms with Crippen LogP contribution in [0.1, 0.15) is 33.6 Å². The Hall–Kier alpha value is -1.48. The van der Waals surface area contributed by atoms with Crippen LogP contribution in [0.2, 0.25) is 0 Å². The van der Waals surface area contributed by atoms with Crippen LogP contribution in [0.15, 0.2) is 0 Å². The van der Waals surface area contributed by atoms with E-state index < -0.39 is 297 Å². The fourth-order valence-electron chi connectivity index (χ4n) is 13.1. The lowest BCUT2D eigenvalue weighted by Crippen LogP contribution is -2.69. The molecule has 29 heterocycles. The molecule has 30 aliphatic rings. The average molecular weight is 1310 g/mol. The summed E-state index contributed by atoms with van der Waals surface area (Å²) in [7, 11) is 0. The van der Waals surface area contributed by atoms with E-state index in [0.29, 0.717) is 0 Å². The second-order valence-corrected chi connectivity index (χ2v) is 24.1. The van der Waals surface area contributed by atoms with Crippen LogP contribution in [-0.4, -0.2) is 391 Å². The topological polar surface area (TPSA) is 584 Å². The summed E-state index contributed by atoms with van der Waals surface area (Å²) in [6, 6.07) is 0. The van der Waals surface area contributed by atoms with Gasteiger partial charge in [0.05, 0.1) is 58.0 Å². The van der Waals surface area contributed by atoms with Gasteiger partial charge in [0.15, 0.2) is 44.0 Å². The van der Waals surface area contributed by atoms with E-state index in [1.54, 1.807) is 6.92 Å². The first-order chi connectivity index (χ1) is 42.2. The second kappa shape index (κ2) is 29.9. The van der Waals surface area contributed by atoms with Crippen molar-refractivity contribution in [2.45, 2.75) is 266 Å². The third kappa shape index (κ3) is 13.8. The average Bonchev–Trinajstić information content (AvgIpc) is 1.49. The van der Waals surface area contributed by atoms with Gasteiger partial charge >= 0.3 is 0 Å². The minimum absolute atomic E-state index is 0.0170. The van der Waals surface area contributed by atoms with Crippen LogP contribution in [0.3, 0.4) is 0 Å². The maximum absolute atomic E-state index is 11.8. The fraction of sp³-hybridized carbons (Fsp3) is 1.00. The van der Waals surface area contributed by atoms with Gasteiger partial charge in [0.2, 0.25) is 0 Å². The summed E-state index contributed by atoms with van der Waals surface area (Å²) in [6.07, 6.45) is -70.2. The van der Waals surface area contributed by atoms with Crippen molar-refractivity contribution < 1.29 is 183 Å². The number of aliphatic hydroxyl groups is 22. The lowest BCUT2D eigenvalue weighted by Gasteiger charge is -2.53. The molecule has 37 heteroatoms. The van der Waals surface area contributed by atoms with Crippen LogP contribution in [0.5, 0.6) is 0 Å². The van der Waals surface area contributed by atoms with Crippen LogP contribution in [-0.2, 0) is 71.1 Å². The Morgan fingerprint density at radius 1 is 0.292 bits per heavy atom. The molecule has 518 valence electrons. The molecule has 37 nitrogen and oxygen atoms in total. The van der Waals surface area contributed by atoms with Gasteiger partial charge in [0.25, 0.3) is 0 Å². The lowest BCUT2D eigenvalue weighted by molar-refractivity contribution is -0.399. The minimum Gasteiger partial charge on any atom is -0.396 e. The molecule has 0 aromatic rings. The first-order valence-electron chi connectivity index (χ1n) is 29.6. The van der Waals surface area contributed by atoms with Crippen molar-refractivity contribution in [1.82, 2.24) is 0 Å². The van der Waals surface area contributed by atoms with Gasteiger partial charge in [0, 0.05) is 18.4 Å². The smallest absolute Gasteiger partial charge is 0.187 e. The van der Waals surface area contributed by atoms with Gasteiger partial charge in [-0.3, -0.25) is 0 Å². The number of hydrogen-bond acceptors (Lipinski definition) is 37. The highest BCUT2D eigenvalue weighted by Crippen LogP contribution is 2.44. The number of ether oxygens (including phenoxy) is 15. The Balaban J connectivity index is 0.984. The molecule has 0 amide bonds. The molecule has 22 N–H and O–H groups in total. The van der Waals surface area contributed by atoms with Crippen LogP contribution in [0.4, 0.5) is 0 Å². The number of aliphatic hydroxyl groups excluding tert-OH is 22. The van der Waals surface area contributed by atoms with E-state index in [2.05, 4.69) is 0 Å². The normalized spacial score (nSPS) is 55.7. The Bertz CT molecular complexity index is 2190. The predicted molar refractivity (Wildman–Crippen MR) is 275 cm³/mol. The molecule has 1 saturated carbocycles. The fourth-order valence-corrected chi connectivity index (χ4v) is 13.1. The molecule has 0 radical (unpaired) electrons. The van der Waals surface area contributed by atoms with Gasteiger partial charge in [0.1, 0.15) is 170 Å². The van der Waals surface area contributed by atoms with Crippen molar-refractivity contribution in [3.8, 4) is 0 Å². The summed E-state index contributed by atoms with van der Waals surface area (Å²) in [5.74, 6) is -2.44. The first-order valence-corrected chi connectivity index (χ1v) is 29.6. The monoisotopic (exact) mass is 1300 g/mol. The SMILES string of the molecule is CCC1OC2OC3C(CO)OC(OC4C(CO)OC(OC5C(CO)OC(OC6C(CO)OC(OC7C(CO)OC(OC8C(CO)OC(OC9(C)C(CO)CC(OC1C(O)C2O)C(O)C9O)C(O)C8O)C(O)C7O)C(O)C6O)C(O)C5C)C(O)C4O)C(O)C3O. The van der Waals surface area contributed by atoms with E-state index in [0.717, 1.165) is 0 Å². The third-order valence-corrected chi connectivity index (χ3v) is 18.6. The van der Waals surface area contributed by atoms with Crippen molar-refractivity contribution in [3.05, 3.63) is 0 Å². The van der Waals surface area contributed by atoms with Gasteiger partial charge < -0.3 is 183 Å². The molecule has 29 aliphatic heterocycles. The molecular formula is C52H88O37. The highest BCUT2D eigenvalue weighted by molar-refractivity contribution is 5.06. The molecule has 30 fully saturated rings.